The maximum Gasteiger partial charge on any atom is 0.235 e. The number of hydrogen-bond donors (Lipinski definition) is 1. The van der Waals surface area contributed by atoms with E-state index < -0.39 is 0 Å². The Balaban J connectivity index is 1.73. The molecule has 0 amide bonds. The highest BCUT2D eigenvalue weighted by Gasteiger charge is 2.14. The van der Waals surface area contributed by atoms with E-state index in [0.29, 0.717) is 6.42 Å². The molecule has 0 unspecified atom stereocenters. The van der Waals surface area contributed by atoms with E-state index in [2.05, 4.69) is 37.6 Å². The van der Waals surface area contributed by atoms with Gasteiger partial charge in [-0.1, -0.05) is 41.7 Å². The number of aromatic nitrogens is 6. The second-order valence-corrected chi connectivity index (χ2v) is 5.77. The molecule has 0 bridgehead atoms. The number of rotatable bonds is 3. The summed E-state index contributed by atoms with van der Waals surface area (Å²) in [6.45, 7) is 1.97. The van der Waals surface area contributed by atoms with Crippen LogP contribution in [0.25, 0.3) is 15.7 Å². The number of hydrogen-bond acceptors (Lipinski definition) is 5. The van der Waals surface area contributed by atoms with Gasteiger partial charge in [-0.15, -0.1) is 10.2 Å². The molecule has 0 aliphatic carbocycles. The summed E-state index contributed by atoms with van der Waals surface area (Å²) in [6.07, 6.45) is 0.713. The molecule has 0 atom stereocenters. The average Bonchev–Trinajstić information content (AvgIpc) is 3.17. The molecule has 0 saturated heterocycles. The summed E-state index contributed by atoms with van der Waals surface area (Å²) in [6, 6.07) is 12.2. The Hall–Kier alpha value is -2.54. The SMILES string of the molecule is Cc1cc(-c2nn3c(Cc4ccccc4)nnc3s2)n[nH]1. The Kier molecular flexibility index (Phi) is 2.78. The quantitative estimate of drug-likeness (QED) is 0.630. The van der Waals surface area contributed by atoms with E-state index in [1.807, 2.05) is 31.2 Å². The minimum Gasteiger partial charge on any atom is -0.282 e. The van der Waals surface area contributed by atoms with Crippen molar-refractivity contribution < 1.29 is 0 Å². The first kappa shape index (κ1) is 12.2. The largest absolute Gasteiger partial charge is 0.282 e. The Labute approximate surface area is 124 Å². The third-order valence-electron chi connectivity index (χ3n) is 3.19. The first-order valence-corrected chi connectivity index (χ1v) is 7.39. The zero-order valence-electron chi connectivity index (χ0n) is 11.3. The molecule has 21 heavy (non-hydrogen) atoms. The standard InChI is InChI=1S/C14H12N6S/c1-9-7-11(16-15-9)13-19-20-12(17-18-14(20)21-13)8-10-5-3-2-4-6-10/h2-7H,8H2,1H3,(H,15,16). The molecule has 3 aromatic heterocycles. The van der Waals surface area contributed by atoms with Crippen molar-refractivity contribution >= 4 is 16.3 Å². The second kappa shape index (κ2) is 4.78. The molecular formula is C14H12N6S. The Bertz CT molecular complexity index is 889. The predicted molar refractivity (Wildman–Crippen MR) is 80.2 cm³/mol. The van der Waals surface area contributed by atoms with E-state index >= 15 is 0 Å². The van der Waals surface area contributed by atoms with Crippen LogP contribution in [0.2, 0.25) is 0 Å². The van der Waals surface area contributed by atoms with Gasteiger partial charge >= 0.3 is 0 Å². The number of H-pyrrole nitrogens is 1. The second-order valence-electron chi connectivity index (χ2n) is 4.82. The molecule has 4 rings (SSSR count). The van der Waals surface area contributed by atoms with Crippen LogP contribution in [-0.2, 0) is 6.42 Å². The van der Waals surface area contributed by atoms with Crippen LogP contribution < -0.4 is 0 Å². The zero-order chi connectivity index (χ0) is 14.2. The van der Waals surface area contributed by atoms with Crippen LogP contribution in [0.1, 0.15) is 17.1 Å². The number of aromatic amines is 1. The van der Waals surface area contributed by atoms with Gasteiger partial charge in [0, 0.05) is 12.1 Å². The Morgan fingerprint density at radius 3 is 2.81 bits per heavy atom. The van der Waals surface area contributed by atoms with Crippen molar-refractivity contribution in [3.8, 4) is 10.7 Å². The van der Waals surface area contributed by atoms with E-state index in [9.17, 15) is 0 Å². The van der Waals surface area contributed by atoms with E-state index in [1.165, 1.54) is 16.9 Å². The van der Waals surface area contributed by atoms with Crippen LogP contribution >= 0.6 is 11.3 Å². The molecular weight excluding hydrogens is 284 g/mol. The number of aryl methyl sites for hydroxylation is 1. The molecule has 0 spiro atoms. The van der Waals surface area contributed by atoms with E-state index in [0.717, 1.165) is 27.2 Å². The molecule has 104 valence electrons. The lowest BCUT2D eigenvalue weighted by molar-refractivity contribution is 0.852. The van der Waals surface area contributed by atoms with Crippen molar-refractivity contribution in [1.29, 1.82) is 0 Å². The minimum atomic E-state index is 0.713. The molecule has 0 fully saturated rings. The van der Waals surface area contributed by atoms with E-state index in [-0.39, 0.29) is 0 Å². The molecule has 0 radical (unpaired) electrons. The summed E-state index contributed by atoms with van der Waals surface area (Å²) in [4.78, 5) is 0.789. The molecule has 0 aliphatic rings. The van der Waals surface area contributed by atoms with Gasteiger partial charge in [-0.3, -0.25) is 5.10 Å². The first-order chi connectivity index (χ1) is 10.3. The van der Waals surface area contributed by atoms with Crippen LogP contribution in [0.15, 0.2) is 36.4 Å². The molecule has 0 aliphatic heterocycles. The summed E-state index contributed by atoms with van der Waals surface area (Å²) < 4.78 is 1.80. The van der Waals surface area contributed by atoms with E-state index in [1.54, 1.807) is 4.52 Å². The highest BCUT2D eigenvalue weighted by molar-refractivity contribution is 7.19. The lowest BCUT2D eigenvalue weighted by Gasteiger charge is -1.97. The van der Waals surface area contributed by atoms with Crippen molar-refractivity contribution in [2.75, 3.05) is 0 Å². The number of nitrogens with zero attached hydrogens (tertiary/aromatic N) is 5. The molecule has 3 heterocycles. The van der Waals surface area contributed by atoms with Crippen molar-refractivity contribution in [3.63, 3.8) is 0 Å². The predicted octanol–water partition coefficient (Wildman–Crippen LogP) is 2.48. The first-order valence-electron chi connectivity index (χ1n) is 6.57. The van der Waals surface area contributed by atoms with Gasteiger partial charge < -0.3 is 0 Å². The summed E-state index contributed by atoms with van der Waals surface area (Å²) in [5.41, 5.74) is 3.05. The fourth-order valence-corrected chi connectivity index (χ4v) is 3.00. The summed E-state index contributed by atoms with van der Waals surface area (Å²) in [5.74, 6) is 0.839. The monoisotopic (exact) mass is 296 g/mol. The summed E-state index contributed by atoms with van der Waals surface area (Å²) >= 11 is 1.49. The van der Waals surface area contributed by atoms with Crippen LogP contribution in [0, 0.1) is 6.92 Å². The Morgan fingerprint density at radius 2 is 2.05 bits per heavy atom. The fraction of sp³-hybridized carbons (Fsp3) is 0.143. The van der Waals surface area contributed by atoms with Gasteiger partial charge in [-0.2, -0.15) is 14.7 Å². The Morgan fingerprint density at radius 1 is 1.19 bits per heavy atom. The van der Waals surface area contributed by atoms with E-state index in [4.69, 9.17) is 0 Å². The molecule has 6 nitrogen and oxygen atoms in total. The van der Waals surface area contributed by atoms with Gasteiger partial charge in [-0.05, 0) is 18.6 Å². The lowest BCUT2D eigenvalue weighted by Crippen LogP contribution is -1.97. The van der Waals surface area contributed by atoms with Crippen LogP contribution in [0.3, 0.4) is 0 Å². The van der Waals surface area contributed by atoms with Crippen LogP contribution in [-0.4, -0.2) is 30.0 Å². The van der Waals surface area contributed by atoms with Crippen molar-refractivity contribution in [2.45, 2.75) is 13.3 Å². The molecule has 1 N–H and O–H groups in total. The third kappa shape index (κ3) is 2.21. The average molecular weight is 296 g/mol. The van der Waals surface area contributed by atoms with Gasteiger partial charge in [0.15, 0.2) is 10.8 Å². The van der Waals surface area contributed by atoms with Gasteiger partial charge in [0.1, 0.15) is 5.69 Å². The number of nitrogens with one attached hydrogen (secondary N) is 1. The number of fused-ring (bicyclic) bond motifs is 1. The van der Waals surface area contributed by atoms with Gasteiger partial charge in [0.25, 0.3) is 0 Å². The topological polar surface area (TPSA) is 71.8 Å². The van der Waals surface area contributed by atoms with Gasteiger partial charge in [0.05, 0.1) is 0 Å². The third-order valence-corrected chi connectivity index (χ3v) is 4.11. The maximum absolute atomic E-state index is 4.58. The van der Waals surface area contributed by atoms with Crippen molar-refractivity contribution in [2.24, 2.45) is 0 Å². The number of benzene rings is 1. The molecule has 0 saturated carbocycles. The summed E-state index contributed by atoms with van der Waals surface area (Å²) in [5, 5.41) is 21.0. The minimum absolute atomic E-state index is 0.713. The fourth-order valence-electron chi connectivity index (χ4n) is 2.18. The smallest absolute Gasteiger partial charge is 0.235 e. The highest BCUT2D eigenvalue weighted by Crippen LogP contribution is 2.24. The van der Waals surface area contributed by atoms with Gasteiger partial charge in [-0.25, -0.2) is 0 Å². The normalized spacial score (nSPS) is 11.3. The van der Waals surface area contributed by atoms with Crippen LogP contribution in [0.4, 0.5) is 0 Å². The maximum atomic E-state index is 4.58. The lowest BCUT2D eigenvalue weighted by atomic mass is 10.1. The van der Waals surface area contributed by atoms with Crippen LogP contribution in [0.5, 0.6) is 0 Å². The zero-order valence-corrected chi connectivity index (χ0v) is 12.1. The molecule has 4 aromatic rings. The molecule has 1 aromatic carbocycles. The van der Waals surface area contributed by atoms with Crippen molar-refractivity contribution in [3.05, 3.63) is 53.5 Å². The van der Waals surface area contributed by atoms with Crippen molar-refractivity contribution in [1.82, 2.24) is 30.0 Å². The molecule has 7 heteroatoms. The summed E-state index contributed by atoms with van der Waals surface area (Å²) in [7, 11) is 0. The van der Waals surface area contributed by atoms with Gasteiger partial charge in [0.2, 0.25) is 4.96 Å². The highest BCUT2D eigenvalue weighted by atomic mass is 32.1.